The second-order valence-electron chi connectivity index (χ2n) is 3.83. The average Bonchev–Trinajstić information content (AvgIpc) is 2.35. The van der Waals surface area contributed by atoms with E-state index in [1.54, 1.807) is 6.07 Å². The lowest BCUT2D eigenvalue weighted by Crippen LogP contribution is -2.41. The van der Waals surface area contributed by atoms with E-state index in [9.17, 15) is 22.0 Å². The van der Waals surface area contributed by atoms with Crippen molar-refractivity contribution in [1.82, 2.24) is 0 Å². The maximum Gasteiger partial charge on any atom is 0.409 e. The van der Waals surface area contributed by atoms with Crippen molar-refractivity contribution in [2.45, 2.75) is 19.2 Å². The molecule has 0 fully saturated rings. The van der Waals surface area contributed by atoms with E-state index in [0.29, 0.717) is 0 Å². The van der Waals surface area contributed by atoms with Crippen molar-refractivity contribution in [3.63, 3.8) is 0 Å². The predicted octanol–water partition coefficient (Wildman–Crippen LogP) is 3.60. The zero-order chi connectivity index (χ0) is 15.6. The average molecular weight is 290 g/mol. The third-order valence-electron chi connectivity index (χ3n) is 2.50. The van der Waals surface area contributed by atoms with Crippen LogP contribution in [0.4, 0.5) is 22.0 Å². The molecule has 1 rings (SSSR count). The summed E-state index contributed by atoms with van der Waals surface area (Å²) in [5.41, 5.74) is -0.801. The monoisotopic (exact) mass is 290 g/mol. The summed E-state index contributed by atoms with van der Waals surface area (Å²) in [5.74, 6) is -3.83. The Labute approximate surface area is 110 Å². The third-order valence-corrected chi connectivity index (χ3v) is 2.50. The summed E-state index contributed by atoms with van der Waals surface area (Å²) in [6, 6.07) is 6.21. The van der Waals surface area contributed by atoms with Crippen LogP contribution >= 0.6 is 0 Å². The van der Waals surface area contributed by atoms with E-state index in [4.69, 9.17) is 10.5 Å². The minimum Gasteiger partial charge on any atom is -0.431 e. The van der Waals surface area contributed by atoms with Crippen molar-refractivity contribution in [1.29, 1.82) is 10.5 Å². The number of benzene rings is 1. The zero-order valence-corrected chi connectivity index (χ0v) is 10.0. The van der Waals surface area contributed by atoms with Crippen LogP contribution in [0.3, 0.4) is 0 Å². The summed E-state index contributed by atoms with van der Waals surface area (Å²) in [4.78, 5) is 0. The minimum atomic E-state index is -5.16. The molecule has 106 valence electrons. The normalized spacial score (nSPS) is 13.2. The Morgan fingerprint density at radius 1 is 1.10 bits per heavy atom. The number of hydrogen-bond acceptors (Lipinski definition) is 3. The van der Waals surface area contributed by atoms with Crippen LogP contribution < -0.4 is 4.74 Å². The van der Waals surface area contributed by atoms with Gasteiger partial charge in [-0.05, 0) is 19.1 Å². The number of nitriles is 2. The molecule has 1 atom stereocenters. The van der Waals surface area contributed by atoms with Crippen molar-refractivity contribution in [2.75, 3.05) is 0 Å². The summed E-state index contributed by atoms with van der Waals surface area (Å²) < 4.78 is 67.8. The minimum absolute atomic E-state index is 0.263. The molecular formula is C12H7F5N2O. The number of rotatable bonds is 3. The number of ether oxygens (including phenoxy) is 1. The molecule has 0 saturated carbocycles. The van der Waals surface area contributed by atoms with E-state index in [-0.39, 0.29) is 12.5 Å². The molecule has 0 radical (unpaired) electrons. The summed E-state index contributed by atoms with van der Waals surface area (Å²) in [7, 11) is 0. The predicted molar refractivity (Wildman–Crippen MR) is 56.7 cm³/mol. The molecular weight excluding hydrogens is 283 g/mol. The summed E-state index contributed by atoms with van der Waals surface area (Å²) in [6.45, 7) is 0.264. The summed E-state index contributed by atoms with van der Waals surface area (Å²) >= 11 is 0. The van der Waals surface area contributed by atoms with Gasteiger partial charge in [-0.1, -0.05) is 6.07 Å². The fraction of sp³-hybridized carbons (Fsp3) is 0.333. The van der Waals surface area contributed by atoms with Gasteiger partial charge < -0.3 is 4.74 Å². The molecule has 0 aliphatic heterocycles. The Morgan fingerprint density at radius 2 is 1.70 bits per heavy atom. The Balaban J connectivity index is 3.18. The maximum absolute atomic E-state index is 13.4. The molecule has 0 saturated heterocycles. The van der Waals surface area contributed by atoms with Gasteiger partial charge in [0.05, 0.1) is 5.56 Å². The third kappa shape index (κ3) is 3.15. The topological polar surface area (TPSA) is 56.8 Å². The summed E-state index contributed by atoms with van der Waals surface area (Å²) in [5, 5.41) is 17.5. The van der Waals surface area contributed by atoms with Crippen molar-refractivity contribution < 1.29 is 26.7 Å². The molecule has 0 spiro atoms. The molecule has 0 aromatic heterocycles. The lowest BCUT2D eigenvalue weighted by atomic mass is 10.1. The Hall–Kier alpha value is -2.35. The van der Waals surface area contributed by atoms with Gasteiger partial charge in [0.2, 0.25) is 0 Å². The van der Waals surface area contributed by atoms with Crippen LogP contribution in [0.5, 0.6) is 5.75 Å². The maximum atomic E-state index is 13.4. The van der Waals surface area contributed by atoms with Crippen LogP contribution in [-0.2, 0) is 0 Å². The van der Waals surface area contributed by atoms with Crippen LogP contribution in [0.2, 0.25) is 0 Å². The first-order valence-electron chi connectivity index (χ1n) is 5.20. The van der Waals surface area contributed by atoms with Gasteiger partial charge in [0.1, 0.15) is 23.5 Å². The molecule has 8 heteroatoms. The van der Waals surface area contributed by atoms with Crippen LogP contribution in [0.15, 0.2) is 18.2 Å². The number of nitrogens with zero attached hydrogens (tertiary/aromatic N) is 2. The van der Waals surface area contributed by atoms with E-state index >= 15 is 0 Å². The van der Waals surface area contributed by atoms with Crippen molar-refractivity contribution in [3.8, 4) is 17.9 Å². The van der Waals surface area contributed by atoms with Crippen molar-refractivity contribution >= 4 is 0 Å². The van der Waals surface area contributed by atoms with Crippen LogP contribution in [0.1, 0.15) is 18.1 Å². The van der Waals surface area contributed by atoms with Crippen LogP contribution in [0, 0.1) is 28.6 Å². The highest BCUT2D eigenvalue weighted by Gasteiger charge is 2.55. The quantitative estimate of drug-likeness (QED) is 0.799. The van der Waals surface area contributed by atoms with Crippen molar-refractivity contribution in [2.24, 2.45) is 5.92 Å². The van der Waals surface area contributed by atoms with Gasteiger partial charge in [0.15, 0.2) is 5.92 Å². The molecule has 0 aliphatic rings. The molecule has 3 nitrogen and oxygen atoms in total. The number of alkyl halides is 5. The molecule has 1 aromatic rings. The number of halogens is 5. The highest BCUT2D eigenvalue weighted by molar-refractivity contribution is 5.53. The first-order valence-corrected chi connectivity index (χ1v) is 5.20. The first-order chi connectivity index (χ1) is 9.13. The molecule has 0 heterocycles. The molecule has 0 amide bonds. The second-order valence-corrected chi connectivity index (χ2v) is 3.83. The van der Waals surface area contributed by atoms with Crippen LogP contribution in [-0.4, -0.2) is 12.3 Å². The van der Waals surface area contributed by atoms with Gasteiger partial charge in [-0.25, -0.2) is 0 Å². The van der Waals surface area contributed by atoms with E-state index in [1.165, 1.54) is 6.07 Å². The highest BCUT2D eigenvalue weighted by Crippen LogP contribution is 2.40. The van der Waals surface area contributed by atoms with E-state index in [2.05, 4.69) is 4.74 Å². The molecule has 0 bridgehead atoms. The van der Waals surface area contributed by atoms with E-state index in [1.807, 2.05) is 0 Å². The van der Waals surface area contributed by atoms with Gasteiger partial charge in [0, 0.05) is 0 Å². The molecule has 1 aromatic carbocycles. The van der Waals surface area contributed by atoms with Gasteiger partial charge >= 0.3 is 12.3 Å². The van der Waals surface area contributed by atoms with E-state index < -0.39 is 29.5 Å². The van der Waals surface area contributed by atoms with Crippen molar-refractivity contribution in [3.05, 3.63) is 29.3 Å². The zero-order valence-electron chi connectivity index (χ0n) is 10.0. The molecule has 0 N–H and O–H groups in total. The molecule has 0 aliphatic carbocycles. The second kappa shape index (κ2) is 5.33. The molecule has 1 unspecified atom stereocenters. The fourth-order valence-electron chi connectivity index (χ4n) is 1.25. The highest BCUT2D eigenvalue weighted by atomic mass is 19.4. The lowest BCUT2D eigenvalue weighted by molar-refractivity contribution is -0.298. The Kier molecular flexibility index (Phi) is 4.19. The standard InChI is InChI=1S/C12H7F5N2O/c1-7(11(13,14)15)12(16,17)20-10-4-2-3-8(5-18)9(10)6-19/h2-4,7H,1H3. The van der Waals surface area contributed by atoms with Gasteiger partial charge in [-0.3, -0.25) is 0 Å². The summed E-state index contributed by atoms with van der Waals surface area (Å²) in [6.07, 6.45) is -9.72. The Bertz CT molecular complexity index is 583. The number of hydrogen-bond donors (Lipinski definition) is 0. The van der Waals surface area contributed by atoms with Crippen LogP contribution in [0.25, 0.3) is 0 Å². The SMILES string of the molecule is CC(C(F)(F)F)C(F)(F)Oc1cccc(C#N)c1C#N. The first kappa shape index (κ1) is 15.7. The smallest absolute Gasteiger partial charge is 0.409 e. The lowest BCUT2D eigenvalue weighted by Gasteiger charge is -2.26. The molecule has 20 heavy (non-hydrogen) atoms. The van der Waals surface area contributed by atoms with Gasteiger partial charge in [-0.15, -0.1) is 0 Å². The van der Waals surface area contributed by atoms with E-state index in [0.717, 1.165) is 18.2 Å². The fourth-order valence-corrected chi connectivity index (χ4v) is 1.25. The largest absolute Gasteiger partial charge is 0.431 e. The van der Waals surface area contributed by atoms with Gasteiger partial charge in [-0.2, -0.15) is 32.5 Å². The van der Waals surface area contributed by atoms with Gasteiger partial charge in [0.25, 0.3) is 0 Å². The Morgan fingerprint density at radius 3 is 2.15 bits per heavy atom.